The van der Waals surface area contributed by atoms with Gasteiger partial charge in [-0.2, -0.15) is 0 Å². The van der Waals surface area contributed by atoms with Crippen LogP contribution >= 0.6 is 46.4 Å². The molecule has 0 fully saturated rings. The Kier molecular flexibility index (Phi) is 21.5. The van der Waals surface area contributed by atoms with E-state index in [0.717, 1.165) is 0 Å². The molecule has 0 heterocycles. The van der Waals surface area contributed by atoms with Crippen LogP contribution in [0.4, 0.5) is 0 Å². The summed E-state index contributed by atoms with van der Waals surface area (Å²) < 4.78 is -0.823. The molecule has 0 rings (SSSR count). The van der Waals surface area contributed by atoms with Crippen LogP contribution < -0.4 is 0 Å². The molecule has 1 atom stereocenters. The summed E-state index contributed by atoms with van der Waals surface area (Å²) in [5.41, 5.74) is 0. The molecule has 66 valence electrons. The third kappa shape index (κ3) is 9.64. The predicted octanol–water partition coefficient (Wildman–Crippen LogP) is 2.51. The average molecular weight is 304 g/mol. The number of alkyl halides is 4. The Balaban J connectivity index is -0.000000405. The molecule has 12 heavy (non-hydrogen) atoms. The summed E-state index contributed by atoms with van der Waals surface area (Å²) in [6.45, 7) is 1.89. The van der Waals surface area contributed by atoms with Crippen LogP contribution in [0.15, 0.2) is 0 Å². The van der Waals surface area contributed by atoms with Crippen molar-refractivity contribution >= 4 is 149 Å². The van der Waals surface area contributed by atoms with Gasteiger partial charge < -0.3 is 0 Å². The molecule has 0 aliphatic rings. The number of hydrogen-bond acceptors (Lipinski definition) is 0. The second kappa shape index (κ2) is 11.9. The molecule has 0 radical (unpaired) electrons. The van der Waals surface area contributed by atoms with E-state index in [0.29, 0.717) is 18.7 Å². The minimum absolute atomic E-state index is 0. The number of rotatable bonds is 4. The van der Waals surface area contributed by atoms with E-state index in [9.17, 15) is 0 Å². The molecule has 6 heteroatoms. The summed E-state index contributed by atoms with van der Waals surface area (Å²) in [4.78, 5) is 0. The summed E-state index contributed by atoms with van der Waals surface area (Å²) in [5, 5.41) is -0.252. The van der Waals surface area contributed by atoms with Crippen LogP contribution in [0.5, 0.6) is 0 Å². The zero-order valence-corrected chi connectivity index (χ0v) is 8.73. The number of hydrogen-bond donors (Lipinski definition) is 0. The molecule has 0 aliphatic carbocycles. The molecule has 0 saturated heterocycles. The zero-order valence-electron chi connectivity index (χ0n) is 5.71. The van der Waals surface area contributed by atoms with Crippen molar-refractivity contribution in [2.24, 2.45) is 0 Å². The van der Waals surface area contributed by atoms with Crippen molar-refractivity contribution in [2.75, 3.05) is 5.88 Å². The van der Waals surface area contributed by atoms with Crippen LogP contribution in [0.2, 0.25) is 0 Å². The van der Waals surface area contributed by atoms with E-state index in [1.807, 2.05) is 6.92 Å². The summed E-state index contributed by atoms with van der Waals surface area (Å²) in [5.74, 6) is 0.495. The molecule has 0 saturated carbocycles. The van der Waals surface area contributed by atoms with Crippen molar-refractivity contribution in [2.45, 2.75) is 29.5 Å². The van der Waals surface area contributed by atoms with E-state index < -0.39 is 4.33 Å². The third-order valence-electron chi connectivity index (χ3n) is 1.29. The first-order valence-corrected chi connectivity index (χ1v) is 4.85. The van der Waals surface area contributed by atoms with Gasteiger partial charge in [0.05, 0.1) is 5.38 Å². The zero-order chi connectivity index (χ0) is 8.20. The maximum absolute atomic E-state index is 5.82. The van der Waals surface area contributed by atoms with Crippen LogP contribution in [0.3, 0.4) is 0 Å². The van der Waals surface area contributed by atoms with E-state index in [1.165, 1.54) is 0 Å². The van der Waals surface area contributed by atoms with Crippen molar-refractivity contribution < 1.29 is 0 Å². The Bertz CT molecular complexity index is 99.5. The Hall–Kier alpha value is 4.43. The minimum atomic E-state index is -0.823. The molecule has 0 N–H and O–H groups in total. The Morgan fingerprint density at radius 2 is 1.67 bits per heavy atom. The molecule has 0 aromatic rings. The van der Waals surface area contributed by atoms with Gasteiger partial charge in [0.1, 0.15) is 4.33 Å². The van der Waals surface area contributed by atoms with E-state index in [2.05, 4.69) is 0 Å². The first-order chi connectivity index (χ1) is 4.54. The maximum atomic E-state index is 5.82. The van der Waals surface area contributed by atoms with E-state index >= 15 is 0 Å². The fourth-order valence-corrected chi connectivity index (χ4v) is 1.34. The Labute approximate surface area is 180 Å². The van der Waals surface area contributed by atoms with Gasteiger partial charge in [-0.25, -0.2) is 0 Å². The van der Waals surface area contributed by atoms with Crippen LogP contribution in [-0.2, 0) is 0 Å². The van der Waals surface area contributed by atoms with Crippen molar-refractivity contribution in [3.63, 3.8) is 0 Å². The second-order valence-electron chi connectivity index (χ2n) is 2.06. The van der Waals surface area contributed by atoms with Gasteiger partial charge in [0.25, 0.3) is 0 Å². The van der Waals surface area contributed by atoms with E-state index in [-0.39, 0.29) is 108 Å². The summed E-state index contributed by atoms with van der Waals surface area (Å²) >= 11 is 22.9. The van der Waals surface area contributed by atoms with Gasteiger partial charge in [-0.1, -0.05) is 6.92 Å². The monoisotopic (exact) mass is 302 g/mol. The first-order valence-electron chi connectivity index (χ1n) is 3.12. The van der Waals surface area contributed by atoms with Crippen molar-refractivity contribution in [1.82, 2.24) is 0 Å². The molecule has 0 amide bonds. The first kappa shape index (κ1) is 21.7. The van der Waals surface area contributed by atoms with E-state index in [1.54, 1.807) is 0 Å². The van der Waals surface area contributed by atoms with E-state index in [4.69, 9.17) is 46.4 Å². The van der Waals surface area contributed by atoms with Crippen molar-refractivity contribution in [1.29, 1.82) is 0 Å². The molecule has 0 bridgehead atoms. The molecule has 1 unspecified atom stereocenters. The average Bonchev–Trinajstić information content (AvgIpc) is 1.89. The van der Waals surface area contributed by atoms with Gasteiger partial charge in [0.2, 0.25) is 0 Å². The fourth-order valence-electron chi connectivity index (χ4n) is 0.528. The van der Waals surface area contributed by atoms with Gasteiger partial charge in [-0.3, -0.25) is 0 Å². The second-order valence-corrected chi connectivity index (χ2v) is 4.51. The van der Waals surface area contributed by atoms with Crippen LogP contribution in [0.25, 0.3) is 0 Å². The van der Waals surface area contributed by atoms with Gasteiger partial charge in [0.15, 0.2) is 0 Å². The topological polar surface area (TPSA) is 0 Å². The predicted molar refractivity (Wildman–Crippen MR) is 64.0 cm³/mol. The molecular formula is C6H12Cl4K2. The molecule has 0 aliphatic heterocycles. The Morgan fingerprint density at radius 1 is 1.25 bits per heavy atom. The van der Waals surface area contributed by atoms with Crippen molar-refractivity contribution in [3.05, 3.63) is 0 Å². The normalized spacial score (nSPS) is 12.8. The standard InChI is InChI=1S/C6H10Cl4.2K.2H/c1-2-6(9,10)5(8)3-4-7;;;;/h5H,2-4H2,1H3;;;;. The SMILES string of the molecule is CCC(Cl)(Cl)C(Cl)CCCl.[KH].[KH]. The van der Waals surface area contributed by atoms with Crippen LogP contribution in [-0.4, -0.2) is 118 Å². The quantitative estimate of drug-likeness (QED) is 0.553. The van der Waals surface area contributed by atoms with Gasteiger partial charge in [-0.05, 0) is 12.8 Å². The molecule has 0 nitrogen and oxygen atoms in total. The summed E-state index contributed by atoms with van der Waals surface area (Å²) in [7, 11) is 0. The molecule has 0 spiro atoms. The molecule has 0 aromatic carbocycles. The molecule has 0 aromatic heterocycles. The fraction of sp³-hybridized carbons (Fsp3) is 1.00. The summed E-state index contributed by atoms with van der Waals surface area (Å²) in [6.07, 6.45) is 1.28. The van der Waals surface area contributed by atoms with Crippen molar-refractivity contribution in [3.8, 4) is 0 Å². The number of halogens is 4. The van der Waals surface area contributed by atoms with Gasteiger partial charge in [-0.15, -0.1) is 46.4 Å². The third-order valence-corrected chi connectivity index (χ3v) is 3.39. The van der Waals surface area contributed by atoms with Gasteiger partial charge in [0, 0.05) is 5.88 Å². The summed E-state index contributed by atoms with van der Waals surface area (Å²) in [6, 6.07) is 0. The van der Waals surface area contributed by atoms with Gasteiger partial charge >= 0.3 is 103 Å². The Morgan fingerprint density at radius 3 is 1.92 bits per heavy atom. The molecular weight excluding hydrogens is 292 g/mol. The van der Waals surface area contributed by atoms with Crippen LogP contribution in [0.1, 0.15) is 19.8 Å². The van der Waals surface area contributed by atoms with Crippen LogP contribution in [0, 0.1) is 0 Å².